The Labute approximate surface area is 757 Å². The molecule has 104 heavy (non-hydrogen) atoms. The van der Waals surface area contributed by atoms with Crippen LogP contribution in [0.15, 0.2) is 151 Å². The van der Waals surface area contributed by atoms with E-state index in [1.54, 1.807) is 30.4 Å². The van der Waals surface area contributed by atoms with Crippen molar-refractivity contribution in [2.75, 3.05) is 28.8 Å². The molecule has 0 saturated heterocycles. The summed E-state index contributed by atoms with van der Waals surface area (Å²) in [7, 11) is -2.40. The van der Waals surface area contributed by atoms with Gasteiger partial charge in [-0.3, -0.25) is 9.59 Å². The number of halogens is 7. The number of aliphatic hydroxyl groups is 1. The Kier molecular flexibility index (Phi) is 54.5. The van der Waals surface area contributed by atoms with Crippen LogP contribution in [0.3, 0.4) is 0 Å². The molecule has 3 aliphatic rings. The van der Waals surface area contributed by atoms with Crippen molar-refractivity contribution in [2.24, 2.45) is 0 Å². The predicted molar refractivity (Wildman–Crippen MR) is 483 cm³/mol. The first-order valence-corrected chi connectivity index (χ1v) is 61.3. The number of carbonyl (C=O) groups excluding carboxylic acids is 2. The molecule has 1 unspecified atom stereocenters. The third-order valence-electron chi connectivity index (χ3n) is 16.3. The molecule has 0 saturated carbocycles. The van der Waals surface area contributed by atoms with Gasteiger partial charge in [0.2, 0.25) is 0 Å². The van der Waals surface area contributed by atoms with Crippen LogP contribution >= 0.6 is 152 Å². The number of hydrogen-bond acceptors (Lipinski definition) is 10. The minimum absolute atomic E-state index is 0. The van der Waals surface area contributed by atoms with Crippen molar-refractivity contribution in [1.29, 1.82) is 0 Å². The molecule has 565 valence electrons. The average Bonchev–Trinajstić information content (AvgIpc) is 0.856. The quantitative estimate of drug-likeness (QED) is 0.0458. The Morgan fingerprint density at radius 2 is 0.962 bits per heavy atom. The van der Waals surface area contributed by atoms with Crippen LogP contribution in [0.1, 0.15) is 169 Å². The topological polar surface area (TPSA) is 84.4 Å². The van der Waals surface area contributed by atoms with Crippen molar-refractivity contribution in [1.82, 2.24) is 0 Å². The van der Waals surface area contributed by atoms with E-state index < -0.39 is 52.4 Å². The fourth-order valence-corrected chi connectivity index (χ4v) is 17.9. The van der Waals surface area contributed by atoms with Gasteiger partial charge in [0.15, 0.2) is 5.78 Å². The SMILES string of the molecule is C#C[Si](C)(C)C.C#Cc1cc2c(cc1C)SCCC2(C)C.C=CC(C)=O.CC(=O)CCSc1ccc(Br)c(C)c1.CCC(C)(O)CCSc1ccc(Br)c(C)c1.Cc1cc(S)ccc1Br.Cc1cc2c(cc1Br)C(C)(C)CCS2.Cc1cc2c(cc1C#C[Si](C)(C)C)C(C)(C)CCS2.[Cl][Ce]([Cl])[Cl].[K+].[OH-]. The second-order valence-corrected chi connectivity index (χ2v) is 62.5. The molecule has 0 spiro atoms. The molecule has 0 aromatic heterocycles. The number of thiol groups is 1. The summed E-state index contributed by atoms with van der Waals surface area (Å²) >= 11 is 25.4. The number of Topliss-reactive ketones (excluding diaryl/α,β-unsaturated/α-hetero) is 1. The molecule has 9 rings (SSSR count). The van der Waals surface area contributed by atoms with Gasteiger partial charge in [-0.25, -0.2) is 0 Å². The van der Waals surface area contributed by atoms with Crippen LogP contribution in [0.25, 0.3) is 0 Å². The van der Waals surface area contributed by atoms with Gasteiger partial charge in [0, 0.05) is 76.3 Å². The number of allylic oxidation sites excluding steroid dienone is 1. The van der Waals surface area contributed by atoms with Crippen LogP contribution in [0.4, 0.5) is 0 Å². The third kappa shape index (κ3) is 44.3. The zero-order chi connectivity index (χ0) is 78.3. The molecular formula is C83H111Br4CeCl3KO4S6Si2. The van der Waals surface area contributed by atoms with E-state index in [1.165, 1.54) is 134 Å². The predicted octanol–water partition coefficient (Wildman–Crippen LogP) is 25.7. The summed E-state index contributed by atoms with van der Waals surface area (Å²) in [6, 6.07) is 32.4. The molecule has 0 amide bonds. The fourth-order valence-electron chi connectivity index (χ4n) is 9.08. The Morgan fingerprint density at radius 1 is 0.615 bits per heavy atom. The van der Waals surface area contributed by atoms with Gasteiger partial charge >= 0.3 is 98.9 Å². The number of carbonyl (C=O) groups is 2. The molecule has 6 aromatic rings. The van der Waals surface area contributed by atoms with E-state index >= 15 is 0 Å². The molecule has 6 aromatic carbocycles. The summed E-state index contributed by atoms with van der Waals surface area (Å²) in [6.07, 6.45) is 18.0. The number of aryl methyl sites for hydroxylation is 6. The molecule has 0 bridgehead atoms. The molecule has 21 heteroatoms. The van der Waals surface area contributed by atoms with Crippen molar-refractivity contribution in [2.45, 2.75) is 240 Å². The number of fused-ring (bicyclic) bond motifs is 3. The number of terminal acetylenes is 2. The molecule has 2 N–H and O–H groups in total. The van der Waals surface area contributed by atoms with Gasteiger partial charge in [0.1, 0.15) is 21.9 Å². The second-order valence-electron chi connectivity index (χ2n) is 29.4. The zero-order valence-electron chi connectivity index (χ0n) is 65.7. The first-order valence-electron chi connectivity index (χ1n) is 33.9. The van der Waals surface area contributed by atoms with Gasteiger partial charge < -0.3 is 10.6 Å². The Hall–Kier alpha value is 1.34. The summed E-state index contributed by atoms with van der Waals surface area (Å²) in [5.74, 6) is 12.0. The van der Waals surface area contributed by atoms with Crippen molar-refractivity contribution < 1.29 is 102 Å². The Balaban J connectivity index is 0. The van der Waals surface area contributed by atoms with E-state index in [0.29, 0.717) is 17.3 Å². The Bertz CT molecular complexity index is 3890. The summed E-state index contributed by atoms with van der Waals surface area (Å²) in [4.78, 5) is 28.3. The molecular weight excluding hydrogens is 1910 g/mol. The molecule has 3 aliphatic heterocycles. The summed E-state index contributed by atoms with van der Waals surface area (Å²) in [5.41, 5.74) is 36.0. The fraction of sp³-hybridized carbons (Fsp3) is 0.446. The first-order chi connectivity index (χ1) is 47.0. The number of hydrogen-bond donors (Lipinski definition) is 2. The number of ketones is 2. The summed E-state index contributed by atoms with van der Waals surface area (Å²) < 4.78 is 4.66. The van der Waals surface area contributed by atoms with Crippen LogP contribution in [-0.4, -0.2) is 72.7 Å². The Morgan fingerprint density at radius 3 is 1.30 bits per heavy atom. The van der Waals surface area contributed by atoms with E-state index in [2.05, 4.69) is 288 Å². The molecule has 0 aliphatic carbocycles. The summed E-state index contributed by atoms with van der Waals surface area (Å²) in [6.45, 7) is 50.2. The van der Waals surface area contributed by atoms with E-state index in [-0.39, 0.29) is 73.8 Å². The van der Waals surface area contributed by atoms with Crippen molar-refractivity contribution in [3.8, 4) is 35.8 Å². The van der Waals surface area contributed by atoms with Gasteiger partial charge in [0.25, 0.3) is 0 Å². The zero-order valence-corrected chi connectivity index (χ0v) is 87.6. The van der Waals surface area contributed by atoms with Crippen LogP contribution in [0.2, 0.25) is 39.3 Å². The van der Waals surface area contributed by atoms with Crippen LogP contribution < -0.4 is 51.4 Å². The van der Waals surface area contributed by atoms with Gasteiger partial charge in [-0.2, -0.15) is 0 Å². The van der Waals surface area contributed by atoms with Gasteiger partial charge in [0.05, 0.1) is 5.60 Å². The van der Waals surface area contributed by atoms with E-state index in [1.807, 2.05) is 80.3 Å². The van der Waals surface area contributed by atoms with Gasteiger partial charge in [-0.15, -0.1) is 95.4 Å². The van der Waals surface area contributed by atoms with Crippen molar-refractivity contribution >= 4 is 180 Å². The summed E-state index contributed by atoms with van der Waals surface area (Å²) in [5, 5.41) is 9.88. The average molecular weight is 2030 g/mol. The van der Waals surface area contributed by atoms with Crippen LogP contribution in [0.5, 0.6) is 0 Å². The largest absolute Gasteiger partial charge is 1.00 e. The third-order valence-corrected chi connectivity index (χ3v) is 27.0. The smallest absolute Gasteiger partial charge is 0.870 e. The molecule has 0 radical (unpaired) electrons. The molecule has 0 fully saturated rings. The normalized spacial score (nSPS) is 14.0. The maximum absolute atomic E-state index is 10.7. The van der Waals surface area contributed by atoms with Crippen LogP contribution in [0, 0.1) is 108 Å². The first kappa shape index (κ1) is 107. The maximum atomic E-state index is 10.7. The van der Waals surface area contributed by atoms with Crippen molar-refractivity contribution in [3.63, 3.8) is 0 Å². The van der Waals surface area contributed by atoms with Crippen molar-refractivity contribution in [3.05, 3.63) is 183 Å². The molecule has 3 heterocycles. The molecule has 4 nitrogen and oxygen atoms in total. The minimum Gasteiger partial charge on any atom is -0.870 e. The van der Waals surface area contributed by atoms with Gasteiger partial charge in [-0.05, 0) is 275 Å². The minimum atomic E-state index is -2.24. The second kappa shape index (κ2) is 52.7. The standard InChI is InChI=1S/C17H24SSi.C14H16S.C13H19BrOS.C12H15BrS.C11H13BrOS.C7H7BrS.C5H10Si.C4H6O.Ce.3ClH.K.H2O/c1-13-11-16-15(17(2,3)8-9-18-16)12-14(13)7-10-19(4,5)6;1-5-11-9-12-13(8-10(11)2)15-7-6-14(12,3)4;1-4-13(3,15)7-8-16-11-5-6-12(14)10(2)9-11;1-8-6-11-9(7-10(8)13)12(2,3)4-5-14-11;1-8-7-10(3-4-11(8)12)14-6-5-9(2)13;1-5-4-6(9)2-3-7(5)8;1-5-6(2,3)4;1-3-4(2)5;;;;;;/h11-12H,8-9H2,1-6H3;1,8-9H,6-7H2,2-4H3;5-6,9,15H,4,7-8H2,1-3H3;6-7H,4-5H2,1-3H3;3-4,7H,5-6H2,1-2H3;2-4,9H,1H3;1H,2-4H3;3H,1H2,2H3;;3*1H;;1H2/q;;;;;;;;+3;;;;+1;/p-4. The van der Waals surface area contributed by atoms with Gasteiger partial charge in [-0.1, -0.05) is 170 Å². The number of benzene rings is 6. The van der Waals surface area contributed by atoms with Crippen LogP contribution in [-0.2, 0) is 25.8 Å². The maximum Gasteiger partial charge on any atom is 1.00 e. The van der Waals surface area contributed by atoms with E-state index in [0.717, 1.165) is 48.2 Å². The monoisotopic (exact) mass is 2020 g/mol. The van der Waals surface area contributed by atoms with E-state index in [9.17, 15) is 14.7 Å². The number of thioether (sulfide) groups is 5. The van der Waals surface area contributed by atoms with E-state index in [4.69, 9.17) is 29.7 Å². The molecule has 1 atom stereocenters. The number of rotatable bonds is 10.